The topological polar surface area (TPSA) is 46.3 Å². The Balaban J connectivity index is 1.99. The van der Waals surface area contributed by atoms with Crippen LogP contribution in [0.1, 0.15) is 12.1 Å². The Morgan fingerprint density at radius 2 is 2.62 bits per heavy atom. The first-order chi connectivity index (χ1) is 6.25. The maximum Gasteiger partial charge on any atom is 0.224 e. The van der Waals surface area contributed by atoms with Crippen LogP contribution in [0.4, 0.5) is 0 Å². The third kappa shape index (κ3) is 1.85. The van der Waals surface area contributed by atoms with Crippen molar-refractivity contribution in [3.63, 3.8) is 0 Å². The first-order valence-electron chi connectivity index (χ1n) is 4.08. The number of carbonyl (C=O) groups is 1. The number of amides is 1. The highest BCUT2D eigenvalue weighted by molar-refractivity contribution is 7.81. The molecule has 1 unspecified atom stereocenters. The Hall–Kier alpha value is -0.970. The summed E-state index contributed by atoms with van der Waals surface area (Å²) in [6.45, 7) is 1.24. The number of hydrogen-bond acceptors (Lipinski definition) is 4. The highest BCUT2D eigenvalue weighted by Gasteiger charge is 2.27. The molecular weight excluding hydrogens is 188 g/mol. The van der Waals surface area contributed by atoms with Gasteiger partial charge in [0.05, 0.1) is 12.2 Å². The summed E-state index contributed by atoms with van der Waals surface area (Å²) in [5.74, 6) is 0.142. The second kappa shape index (κ2) is 3.41. The van der Waals surface area contributed by atoms with Gasteiger partial charge in [-0.3, -0.25) is 4.79 Å². The summed E-state index contributed by atoms with van der Waals surface area (Å²) in [6, 6.07) is 0. The first kappa shape index (κ1) is 8.62. The molecule has 1 fully saturated rings. The lowest BCUT2D eigenvalue weighted by Gasteiger charge is -2.13. The zero-order valence-electron chi connectivity index (χ0n) is 7.01. The van der Waals surface area contributed by atoms with E-state index in [1.54, 1.807) is 11.2 Å². The lowest BCUT2D eigenvalue weighted by atomic mass is 10.4. The van der Waals surface area contributed by atoms with Gasteiger partial charge in [0, 0.05) is 18.2 Å². The molecule has 2 rings (SSSR count). The van der Waals surface area contributed by atoms with Crippen LogP contribution in [0.15, 0.2) is 17.1 Å². The third-order valence-electron chi connectivity index (χ3n) is 2.03. The number of hydrogen-bond donors (Lipinski definition) is 1. The normalized spacial score (nSPS) is 22.7. The van der Waals surface area contributed by atoms with Crippen molar-refractivity contribution in [2.24, 2.45) is 0 Å². The third-order valence-corrected chi connectivity index (χ3v) is 2.38. The van der Waals surface area contributed by atoms with Crippen LogP contribution in [0, 0.1) is 0 Å². The molecule has 1 amide bonds. The summed E-state index contributed by atoms with van der Waals surface area (Å²) in [4.78, 5) is 17.0. The Kier molecular flexibility index (Phi) is 2.26. The van der Waals surface area contributed by atoms with E-state index < -0.39 is 0 Å². The minimum absolute atomic E-state index is 0.142. The maximum atomic E-state index is 11.3. The molecule has 0 aliphatic carbocycles. The molecule has 2 heterocycles. The quantitative estimate of drug-likeness (QED) is 0.712. The van der Waals surface area contributed by atoms with E-state index in [4.69, 9.17) is 4.42 Å². The second-order valence-electron chi connectivity index (χ2n) is 3.11. The lowest BCUT2D eigenvalue weighted by Crippen LogP contribution is -2.24. The van der Waals surface area contributed by atoms with Crippen molar-refractivity contribution < 1.29 is 9.21 Å². The van der Waals surface area contributed by atoms with E-state index in [1.807, 2.05) is 0 Å². The highest BCUT2D eigenvalue weighted by atomic mass is 32.1. The fourth-order valence-corrected chi connectivity index (χ4v) is 1.77. The molecule has 0 bridgehead atoms. The van der Waals surface area contributed by atoms with E-state index in [1.165, 1.54) is 6.39 Å². The molecule has 0 radical (unpaired) electrons. The average Bonchev–Trinajstić information content (AvgIpc) is 2.63. The molecule has 1 saturated heterocycles. The fourth-order valence-electron chi connectivity index (χ4n) is 1.42. The van der Waals surface area contributed by atoms with E-state index >= 15 is 0 Å². The van der Waals surface area contributed by atoms with Crippen LogP contribution >= 0.6 is 12.6 Å². The van der Waals surface area contributed by atoms with Crippen LogP contribution in [0.3, 0.4) is 0 Å². The van der Waals surface area contributed by atoms with Crippen LogP contribution < -0.4 is 0 Å². The summed E-state index contributed by atoms with van der Waals surface area (Å²) >= 11 is 4.26. The molecule has 0 spiro atoms. The average molecular weight is 198 g/mol. The molecule has 0 saturated carbocycles. The lowest BCUT2D eigenvalue weighted by molar-refractivity contribution is -0.128. The minimum atomic E-state index is 0.142. The van der Waals surface area contributed by atoms with E-state index in [-0.39, 0.29) is 11.2 Å². The Morgan fingerprint density at radius 1 is 1.77 bits per heavy atom. The van der Waals surface area contributed by atoms with Crippen LogP contribution in [-0.2, 0) is 11.3 Å². The van der Waals surface area contributed by atoms with Gasteiger partial charge in [-0.2, -0.15) is 12.6 Å². The predicted octanol–water partition coefficient (Wildman–Crippen LogP) is 0.705. The van der Waals surface area contributed by atoms with E-state index in [0.717, 1.165) is 5.69 Å². The van der Waals surface area contributed by atoms with Crippen molar-refractivity contribution >= 4 is 18.5 Å². The van der Waals surface area contributed by atoms with Gasteiger partial charge in [-0.25, -0.2) is 4.98 Å². The number of rotatable bonds is 2. The van der Waals surface area contributed by atoms with Crippen LogP contribution in [0.2, 0.25) is 0 Å². The van der Waals surface area contributed by atoms with Crippen molar-refractivity contribution in [1.29, 1.82) is 0 Å². The monoisotopic (exact) mass is 198 g/mol. The summed E-state index contributed by atoms with van der Waals surface area (Å²) < 4.78 is 4.82. The smallest absolute Gasteiger partial charge is 0.224 e. The van der Waals surface area contributed by atoms with Crippen molar-refractivity contribution in [1.82, 2.24) is 9.88 Å². The molecule has 13 heavy (non-hydrogen) atoms. The van der Waals surface area contributed by atoms with Gasteiger partial charge in [-0.1, -0.05) is 0 Å². The van der Waals surface area contributed by atoms with Gasteiger partial charge in [-0.05, 0) is 0 Å². The van der Waals surface area contributed by atoms with Crippen LogP contribution in [0.25, 0.3) is 0 Å². The van der Waals surface area contributed by atoms with Crippen molar-refractivity contribution in [2.75, 3.05) is 6.54 Å². The van der Waals surface area contributed by atoms with Gasteiger partial charge in [0.2, 0.25) is 5.91 Å². The predicted molar refractivity (Wildman–Crippen MR) is 49.3 cm³/mol. The Morgan fingerprint density at radius 3 is 3.15 bits per heavy atom. The van der Waals surface area contributed by atoms with E-state index in [0.29, 0.717) is 19.5 Å². The zero-order valence-corrected chi connectivity index (χ0v) is 7.91. The van der Waals surface area contributed by atoms with Gasteiger partial charge < -0.3 is 9.32 Å². The second-order valence-corrected chi connectivity index (χ2v) is 3.84. The van der Waals surface area contributed by atoms with Gasteiger partial charge >= 0.3 is 0 Å². The van der Waals surface area contributed by atoms with Gasteiger partial charge in [-0.15, -0.1) is 0 Å². The first-order valence-corrected chi connectivity index (χ1v) is 4.60. The summed E-state index contributed by atoms with van der Waals surface area (Å²) in [5.41, 5.74) is 0.788. The van der Waals surface area contributed by atoms with Crippen LogP contribution in [0.5, 0.6) is 0 Å². The summed E-state index contributed by atoms with van der Waals surface area (Å²) in [5, 5.41) is 0.166. The molecule has 1 aliphatic heterocycles. The molecular formula is C8H10N2O2S. The van der Waals surface area contributed by atoms with E-state index in [2.05, 4.69) is 17.6 Å². The number of oxazole rings is 1. The molecule has 0 N–H and O–H groups in total. The Bertz CT molecular complexity index is 299. The van der Waals surface area contributed by atoms with Gasteiger partial charge in [0.25, 0.3) is 0 Å². The summed E-state index contributed by atoms with van der Waals surface area (Å²) in [6.07, 6.45) is 3.45. The number of thiol groups is 1. The highest BCUT2D eigenvalue weighted by Crippen LogP contribution is 2.17. The fraction of sp³-hybridized carbons (Fsp3) is 0.500. The maximum absolute atomic E-state index is 11.3. The number of aromatic nitrogens is 1. The summed E-state index contributed by atoms with van der Waals surface area (Å²) in [7, 11) is 0. The minimum Gasteiger partial charge on any atom is -0.451 e. The van der Waals surface area contributed by atoms with Crippen molar-refractivity contribution in [3.05, 3.63) is 18.4 Å². The Labute approximate surface area is 81.3 Å². The van der Waals surface area contributed by atoms with Crippen molar-refractivity contribution in [3.8, 4) is 0 Å². The van der Waals surface area contributed by atoms with Crippen molar-refractivity contribution in [2.45, 2.75) is 18.2 Å². The molecule has 1 aromatic heterocycles. The molecule has 4 nitrogen and oxygen atoms in total. The number of carbonyl (C=O) groups excluding carboxylic acids is 1. The molecule has 1 aromatic rings. The zero-order chi connectivity index (χ0) is 9.26. The molecule has 1 aliphatic rings. The van der Waals surface area contributed by atoms with Crippen LogP contribution in [-0.4, -0.2) is 27.6 Å². The number of likely N-dealkylation sites (tertiary alicyclic amines) is 1. The SMILES string of the molecule is O=C1CC(S)CN1Cc1cocn1. The van der Waals surface area contributed by atoms with Gasteiger partial charge in [0.1, 0.15) is 6.26 Å². The number of nitrogens with zero attached hydrogens (tertiary/aromatic N) is 2. The molecule has 0 aromatic carbocycles. The van der Waals surface area contributed by atoms with E-state index in [9.17, 15) is 4.79 Å². The van der Waals surface area contributed by atoms with Gasteiger partial charge in [0.15, 0.2) is 6.39 Å². The largest absolute Gasteiger partial charge is 0.451 e. The standard InChI is InChI=1S/C8H10N2O2S/c11-8-1-7(13)3-10(8)2-6-4-12-5-9-6/h4-5,7,13H,1-3H2. The molecule has 70 valence electrons. The molecule has 5 heteroatoms. The molecule has 1 atom stereocenters.